The van der Waals surface area contributed by atoms with Crippen molar-refractivity contribution in [3.05, 3.63) is 62.7 Å². The molecule has 9 nitrogen and oxygen atoms in total. The Morgan fingerprint density at radius 2 is 2.08 bits per heavy atom. The van der Waals surface area contributed by atoms with Gasteiger partial charge in [-0.3, -0.25) is 19.7 Å². The molecule has 10 heteroatoms. The third-order valence-electron chi connectivity index (χ3n) is 3.94. The Bertz CT molecular complexity index is 933. The summed E-state index contributed by atoms with van der Waals surface area (Å²) in [5, 5.41) is 24.1. The highest BCUT2D eigenvalue weighted by atomic mass is 35.5. The number of phenols is 1. The van der Waals surface area contributed by atoms with Crippen molar-refractivity contribution in [3.63, 3.8) is 0 Å². The Balaban J connectivity index is 2.19. The lowest BCUT2D eigenvalue weighted by Crippen LogP contribution is -2.49. The van der Waals surface area contributed by atoms with Crippen molar-refractivity contribution in [1.82, 2.24) is 5.32 Å². The number of fused-ring (bicyclic) bond motifs is 1. The third-order valence-corrected chi connectivity index (χ3v) is 4.16. The standard InChI is InChI=1S/C16H13ClN4O5/c17-8-5-10(14(23)12(6-8)21(25)26)15-19-16(24)9-3-1-2-4-11(9)20(15)7-13(18)22/h1-6,15,23H,7H2,(H2,18,22)(H,19,24)/t15-/m0/s1. The lowest BCUT2D eigenvalue weighted by molar-refractivity contribution is -0.385. The van der Waals surface area contributed by atoms with Gasteiger partial charge in [0.15, 0.2) is 0 Å². The van der Waals surface area contributed by atoms with Gasteiger partial charge in [0.2, 0.25) is 11.7 Å². The number of nitrogens with one attached hydrogen (secondary N) is 1. The van der Waals surface area contributed by atoms with Crippen molar-refractivity contribution in [3.8, 4) is 5.75 Å². The Morgan fingerprint density at radius 3 is 2.73 bits per heavy atom. The number of hydrogen-bond donors (Lipinski definition) is 3. The summed E-state index contributed by atoms with van der Waals surface area (Å²) >= 11 is 5.94. The molecule has 1 atom stereocenters. The molecule has 0 fully saturated rings. The molecule has 0 saturated heterocycles. The highest BCUT2D eigenvalue weighted by Gasteiger charge is 2.35. The van der Waals surface area contributed by atoms with Crippen molar-refractivity contribution in [2.45, 2.75) is 6.17 Å². The Hall–Kier alpha value is -3.33. The molecule has 3 rings (SSSR count). The van der Waals surface area contributed by atoms with E-state index in [1.165, 1.54) is 11.0 Å². The van der Waals surface area contributed by atoms with E-state index in [0.29, 0.717) is 11.3 Å². The molecular weight excluding hydrogens is 364 g/mol. The summed E-state index contributed by atoms with van der Waals surface area (Å²) in [6.45, 7) is -0.290. The fraction of sp³-hybridized carbons (Fsp3) is 0.125. The molecule has 1 aliphatic heterocycles. The van der Waals surface area contributed by atoms with Crippen LogP contribution < -0.4 is 16.0 Å². The normalized spacial score (nSPS) is 16.0. The minimum Gasteiger partial charge on any atom is -0.502 e. The first-order valence-corrected chi connectivity index (χ1v) is 7.79. The van der Waals surface area contributed by atoms with Gasteiger partial charge in [-0.05, 0) is 18.2 Å². The van der Waals surface area contributed by atoms with Crippen LogP contribution in [-0.2, 0) is 4.79 Å². The quantitative estimate of drug-likeness (QED) is 0.548. The first-order chi connectivity index (χ1) is 12.3. The largest absolute Gasteiger partial charge is 0.502 e. The SMILES string of the molecule is NC(=O)CN1c2ccccc2C(=O)N[C@@H]1c1cc(Cl)cc([N+](=O)[O-])c1O. The van der Waals surface area contributed by atoms with Crippen LogP contribution in [0.5, 0.6) is 5.75 Å². The maximum absolute atomic E-state index is 12.4. The van der Waals surface area contributed by atoms with E-state index in [4.69, 9.17) is 17.3 Å². The number of primary amides is 1. The molecule has 0 aliphatic carbocycles. The van der Waals surface area contributed by atoms with Crippen molar-refractivity contribution in [1.29, 1.82) is 0 Å². The number of amides is 2. The van der Waals surface area contributed by atoms with E-state index < -0.39 is 34.3 Å². The molecular formula is C16H13ClN4O5. The summed E-state index contributed by atoms with van der Waals surface area (Å²) < 4.78 is 0. The fourth-order valence-electron chi connectivity index (χ4n) is 2.88. The van der Waals surface area contributed by atoms with E-state index in [9.17, 15) is 24.8 Å². The number of phenolic OH excluding ortho intramolecular Hbond substituents is 1. The highest BCUT2D eigenvalue weighted by molar-refractivity contribution is 6.31. The topological polar surface area (TPSA) is 139 Å². The van der Waals surface area contributed by atoms with Crippen LogP contribution in [0.2, 0.25) is 5.02 Å². The fourth-order valence-corrected chi connectivity index (χ4v) is 3.10. The molecule has 2 amide bonds. The lowest BCUT2D eigenvalue weighted by atomic mass is 10.0. The average molecular weight is 377 g/mol. The molecule has 1 aliphatic rings. The number of nitro benzene ring substituents is 1. The van der Waals surface area contributed by atoms with Gasteiger partial charge in [-0.1, -0.05) is 23.7 Å². The summed E-state index contributed by atoms with van der Waals surface area (Å²) in [5.74, 6) is -1.80. The lowest BCUT2D eigenvalue weighted by Gasteiger charge is -2.38. The van der Waals surface area contributed by atoms with Gasteiger partial charge < -0.3 is 21.1 Å². The highest BCUT2D eigenvalue weighted by Crippen LogP contribution is 2.41. The summed E-state index contributed by atoms with van der Waals surface area (Å²) in [4.78, 5) is 35.7. The zero-order chi connectivity index (χ0) is 19.0. The Labute approximate surface area is 152 Å². The Morgan fingerprint density at radius 1 is 1.38 bits per heavy atom. The van der Waals surface area contributed by atoms with Gasteiger partial charge in [-0.15, -0.1) is 0 Å². The van der Waals surface area contributed by atoms with Crippen LogP contribution in [0.1, 0.15) is 22.1 Å². The molecule has 0 radical (unpaired) electrons. The summed E-state index contributed by atoms with van der Waals surface area (Å²) in [5.41, 5.74) is 5.39. The summed E-state index contributed by atoms with van der Waals surface area (Å²) in [7, 11) is 0. The van der Waals surface area contributed by atoms with Crippen LogP contribution in [0.15, 0.2) is 36.4 Å². The molecule has 134 valence electrons. The molecule has 4 N–H and O–H groups in total. The Kier molecular flexibility index (Phi) is 4.39. The molecule has 0 bridgehead atoms. The van der Waals surface area contributed by atoms with Gasteiger partial charge in [0.25, 0.3) is 5.91 Å². The summed E-state index contributed by atoms with van der Waals surface area (Å²) in [6, 6.07) is 8.79. The number of nitrogens with two attached hydrogens (primary N) is 1. The number of rotatable bonds is 4. The number of nitro groups is 1. The minimum absolute atomic E-state index is 0.00312. The number of anilines is 1. The van der Waals surface area contributed by atoms with E-state index in [-0.39, 0.29) is 17.1 Å². The van der Waals surface area contributed by atoms with E-state index >= 15 is 0 Å². The van der Waals surface area contributed by atoms with Gasteiger partial charge in [-0.2, -0.15) is 0 Å². The molecule has 2 aromatic carbocycles. The second kappa shape index (κ2) is 6.52. The molecule has 0 saturated carbocycles. The molecule has 2 aromatic rings. The molecule has 0 unspecified atom stereocenters. The smallest absolute Gasteiger partial charge is 0.312 e. The predicted octanol–water partition coefficient (Wildman–Crippen LogP) is 1.69. The van der Waals surface area contributed by atoms with Crippen LogP contribution in [0.3, 0.4) is 0 Å². The van der Waals surface area contributed by atoms with Crippen LogP contribution in [0.25, 0.3) is 0 Å². The van der Waals surface area contributed by atoms with Crippen molar-refractivity contribution < 1.29 is 19.6 Å². The molecule has 0 aromatic heterocycles. The molecule has 26 heavy (non-hydrogen) atoms. The zero-order valence-corrected chi connectivity index (χ0v) is 13.9. The maximum atomic E-state index is 12.4. The number of halogens is 1. The monoisotopic (exact) mass is 376 g/mol. The van der Waals surface area contributed by atoms with E-state index in [0.717, 1.165) is 6.07 Å². The number of para-hydroxylation sites is 1. The zero-order valence-electron chi connectivity index (χ0n) is 13.2. The number of nitrogens with zero attached hydrogens (tertiary/aromatic N) is 2. The maximum Gasteiger partial charge on any atom is 0.312 e. The van der Waals surface area contributed by atoms with Crippen molar-refractivity contribution in [2.24, 2.45) is 5.73 Å². The number of carbonyl (C=O) groups excluding carboxylic acids is 2. The van der Waals surface area contributed by atoms with Crippen LogP contribution in [-0.4, -0.2) is 28.4 Å². The van der Waals surface area contributed by atoms with Gasteiger partial charge >= 0.3 is 5.69 Å². The number of benzene rings is 2. The van der Waals surface area contributed by atoms with Gasteiger partial charge in [0.1, 0.15) is 6.17 Å². The van der Waals surface area contributed by atoms with Crippen LogP contribution in [0.4, 0.5) is 11.4 Å². The third kappa shape index (κ3) is 3.00. The van der Waals surface area contributed by atoms with Crippen LogP contribution in [0, 0.1) is 10.1 Å². The van der Waals surface area contributed by atoms with E-state index in [2.05, 4.69) is 5.32 Å². The number of aromatic hydroxyl groups is 1. The van der Waals surface area contributed by atoms with Gasteiger partial charge in [0, 0.05) is 16.7 Å². The second-order valence-corrected chi connectivity index (χ2v) is 6.04. The number of carbonyl (C=O) groups is 2. The number of hydrogen-bond acceptors (Lipinski definition) is 6. The minimum atomic E-state index is -1.07. The first-order valence-electron chi connectivity index (χ1n) is 7.41. The molecule has 0 spiro atoms. The first kappa shape index (κ1) is 17.5. The molecule has 1 heterocycles. The second-order valence-electron chi connectivity index (χ2n) is 5.61. The average Bonchev–Trinajstić information content (AvgIpc) is 2.58. The summed E-state index contributed by atoms with van der Waals surface area (Å²) in [6.07, 6.45) is -1.07. The van der Waals surface area contributed by atoms with Crippen molar-refractivity contribution >= 4 is 34.8 Å². The van der Waals surface area contributed by atoms with Gasteiger partial charge in [-0.25, -0.2) is 0 Å². The predicted molar refractivity (Wildman–Crippen MR) is 93.0 cm³/mol. The van der Waals surface area contributed by atoms with E-state index in [1.54, 1.807) is 24.3 Å². The van der Waals surface area contributed by atoms with Crippen LogP contribution >= 0.6 is 11.6 Å². The van der Waals surface area contributed by atoms with Gasteiger partial charge in [0.05, 0.1) is 22.7 Å². The van der Waals surface area contributed by atoms with E-state index in [1.807, 2.05) is 0 Å². The van der Waals surface area contributed by atoms with Crippen molar-refractivity contribution in [2.75, 3.05) is 11.4 Å².